The van der Waals surface area contributed by atoms with Crippen LogP contribution in [0.25, 0.3) is 0 Å². The summed E-state index contributed by atoms with van der Waals surface area (Å²) in [5.41, 5.74) is -1.71. The monoisotopic (exact) mass is 448 g/mol. The summed E-state index contributed by atoms with van der Waals surface area (Å²) < 4.78 is 119. The number of benzene rings is 1. The Morgan fingerprint density at radius 3 is 2.17 bits per heavy atom. The van der Waals surface area contributed by atoms with E-state index >= 15 is 0 Å². The average molecular weight is 448 g/mol. The molecule has 0 aliphatic rings. The number of aryl methyl sites for hydroxylation is 1. The van der Waals surface area contributed by atoms with Gasteiger partial charge in [0.15, 0.2) is 5.69 Å². The van der Waals surface area contributed by atoms with Crippen molar-refractivity contribution < 1.29 is 44.3 Å². The molecule has 2 N–H and O–H groups in total. The first kappa shape index (κ1) is 23.5. The van der Waals surface area contributed by atoms with Gasteiger partial charge in [0.1, 0.15) is 17.1 Å². The molecule has 1 heterocycles. The van der Waals surface area contributed by atoms with Crippen molar-refractivity contribution in [3.63, 3.8) is 0 Å². The molecule has 0 atom stereocenters. The third-order valence-corrected chi connectivity index (χ3v) is 4.13. The number of nitrogens with two attached hydrogens (primary N) is 1. The Hall–Kier alpha value is -2.77. The molecular weight excluding hydrogens is 435 g/mol. The topological polar surface area (TPSA) is 64.2 Å². The minimum absolute atomic E-state index is 0.00991. The highest BCUT2D eigenvalue weighted by Crippen LogP contribution is 2.48. The number of rotatable bonds is 4. The highest BCUT2D eigenvalue weighted by atomic mass is 19.4. The van der Waals surface area contributed by atoms with Gasteiger partial charge in [-0.2, -0.15) is 40.2 Å². The third kappa shape index (κ3) is 3.95. The number of nitrogens with zero attached hydrogens (tertiary/aromatic N) is 3. The fraction of sp³-hybridized carbons (Fsp3) is 0.375. The minimum Gasteiger partial charge on any atom is -0.326 e. The van der Waals surface area contributed by atoms with Crippen molar-refractivity contribution in [3.8, 4) is 0 Å². The van der Waals surface area contributed by atoms with Gasteiger partial charge in [-0.15, -0.1) is 0 Å². The summed E-state index contributed by atoms with van der Waals surface area (Å²) in [5, 5.41) is 2.66. The molecule has 0 aliphatic heterocycles. The number of hydrogen-bond donors (Lipinski definition) is 1. The Balaban J connectivity index is 2.68. The van der Waals surface area contributed by atoms with Crippen molar-refractivity contribution in [1.82, 2.24) is 9.78 Å². The zero-order chi connectivity index (χ0) is 23.2. The van der Waals surface area contributed by atoms with Gasteiger partial charge in [-0.25, -0.2) is 4.39 Å². The van der Waals surface area contributed by atoms with Gasteiger partial charge in [-0.1, -0.05) is 0 Å². The lowest BCUT2D eigenvalue weighted by molar-refractivity contribution is -0.292. The first-order chi connectivity index (χ1) is 13.5. The molecule has 0 saturated carbocycles. The molecular formula is C16H13F9N4O. The zero-order valence-electron chi connectivity index (χ0n) is 15.2. The van der Waals surface area contributed by atoms with Crippen LogP contribution in [-0.2, 0) is 25.7 Å². The average Bonchev–Trinajstić information content (AvgIpc) is 2.98. The van der Waals surface area contributed by atoms with Gasteiger partial charge in [0.25, 0.3) is 5.91 Å². The second kappa shape index (κ2) is 7.49. The number of hydrogen-bond acceptors (Lipinski definition) is 3. The van der Waals surface area contributed by atoms with Gasteiger partial charge < -0.3 is 10.6 Å². The lowest BCUT2D eigenvalue weighted by atomic mass is 10.1. The van der Waals surface area contributed by atoms with Crippen LogP contribution in [0.15, 0.2) is 18.2 Å². The van der Waals surface area contributed by atoms with E-state index in [1.165, 1.54) is 0 Å². The van der Waals surface area contributed by atoms with Crippen LogP contribution in [0.2, 0.25) is 0 Å². The standard InChI is InChI=1S/C16H13F9N4O/c1-28(8-3-4-9(17)7(5-8)6-26)13(30)11-10(15(20,21)22)12(27-29(11)2)14(18,19)16(23,24)25/h3-5H,6,26H2,1-2H3. The number of alkyl halides is 8. The molecule has 0 unspecified atom stereocenters. The predicted molar refractivity (Wildman–Crippen MR) is 85.2 cm³/mol. The maximum Gasteiger partial charge on any atom is 0.459 e. The minimum atomic E-state index is -6.39. The molecule has 0 bridgehead atoms. The molecule has 0 fully saturated rings. The van der Waals surface area contributed by atoms with Gasteiger partial charge in [0.2, 0.25) is 0 Å². The number of amides is 1. The SMILES string of the molecule is CN(C(=O)c1c(C(F)(F)F)c(C(F)(F)C(F)(F)F)nn1C)c1ccc(F)c(CN)c1. The van der Waals surface area contributed by atoms with Crippen LogP contribution in [-0.4, -0.2) is 28.9 Å². The molecule has 2 rings (SSSR count). The Bertz CT molecular complexity index is 963. The molecule has 0 saturated heterocycles. The number of carbonyl (C=O) groups is 1. The Morgan fingerprint density at radius 2 is 1.70 bits per heavy atom. The predicted octanol–water partition coefficient (Wildman–Crippen LogP) is 3.97. The van der Waals surface area contributed by atoms with Crippen LogP contribution >= 0.6 is 0 Å². The molecule has 1 aromatic heterocycles. The first-order valence-corrected chi connectivity index (χ1v) is 7.89. The highest BCUT2D eigenvalue weighted by Gasteiger charge is 2.64. The summed E-state index contributed by atoms with van der Waals surface area (Å²) in [4.78, 5) is 13.1. The fourth-order valence-corrected chi connectivity index (χ4v) is 2.59. The maximum absolute atomic E-state index is 13.7. The van der Waals surface area contributed by atoms with Crippen LogP contribution < -0.4 is 10.6 Å². The van der Waals surface area contributed by atoms with Crippen LogP contribution in [0.3, 0.4) is 0 Å². The van der Waals surface area contributed by atoms with Gasteiger partial charge in [0.05, 0.1) is 0 Å². The molecule has 5 nitrogen and oxygen atoms in total. The molecule has 2 aromatic rings. The Labute approximate surface area is 162 Å². The van der Waals surface area contributed by atoms with Crippen LogP contribution in [0.4, 0.5) is 45.2 Å². The summed E-state index contributed by atoms with van der Waals surface area (Å²) in [6.07, 6.45) is -12.2. The molecule has 0 spiro atoms. The van der Waals surface area contributed by atoms with E-state index in [-0.39, 0.29) is 22.5 Å². The summed E-state index contributed by atoms with van der Waals surface area (Å²) in [6, 6.07) is 2.86. The lowest BCUT2D eigenvalue weighted by Crippen LogP contribution is -2.36. The van der Waals surface area contributed by atoms with E-state index in [1.54, 1.807) is 0 Å². The van der Waals surface area contributed by atoms with E-state index < -0.39 is 47.0 Å². The van der Waals surface area contributed by atoms with E-state index in [0.717, 1.165) is 25.2 Å². The summed E-state index contributed by atoms with van der Waals surface area (Å²) in [6.45, 7) is -0.330. The van der Waals surface area contributed by atoms with Crippen molar-refractivity contribution in [3.05, 3.63) is 46.5 Å². The summed E-state index contributed by atoms with van der Waals surface area (Å²) in [7, 11) is 1.53. The maximum atomic E-state index is 13.7. The van der Waals surface area contributed by atoms with Crippen LogP contribution in [0, 0.1) is 5.82 Å². The van der Waals surface area contributed by atoms with Gasteiger partial charge >= 0.3 is 18.3 Å². The largest absolute Gasteiger partial charge is 0.459 e. The highest BCUT2D eigenvalue weighted by molar-refractivity contribution is 6.06. The summed E-state index contributed by atoms with van der Waals surface area (Å²) in [5.74, 6) is -8.35. The molecule has 14 heteroatoms. The fourth-order valence-electron chi connectivity index (χ4n) is 2.59. The van der Waals surface area contributed by atoms with E-state index in [1.807, 2.05) is 0 Å². The van der Waals surface area contributed by atoms with Crippen molar-refractivity contribution in [2.75, 3.05) is 11.9 Å². The quantitative estimate of drug-likeness (QED) is 0.721. The number of halogens is 9. The van der Waals surface area contributed by atoms with E-state index in [4.69, 9.17) is 5.73 Å². The van der Waals surface area contributed by atoms with Crippen molar-refractivity contribution in [2.24, 2.45) is 12.8 Å². The molecule has 0 radical (unpaired) electrons. The van der Waals surface area contributed by atoms with E-state index in [0.29, 0.717) is 11.9 Å². The van der Waals surface area contributed by atoms with Gasteiger partial charge in [-0.05, 0) is 18.2 Å². The molecule has 166 valence electrons. The zero-order valence-corrected chi connectivity index (χ0v) is 15.2. The van der Waals surface area contributed by atoms with Crippen LogP contribution in [0.1, 0.15) is 27.3 Å². The van der Waals surface area contributed by atoms with Gasteiger partial charge in [0, 0.05) is 31.9 Å². The number of aromatic nitrogens is 2. The van der Waals surface area contributed by atoms with E-state index in [2.05, 4.69) is 5.10 Å². The van der Waals surface area contributed by atoms with E-state index in [9.17, 15) is 44.3 Å². The first-order valence-electron chi connectivity index (χ1n) is 7.89. The molecule has 1 aromatic carbocycles. The number of carbonyl (C=O) groups excluding carboxylic acids is 1. The summed E-state index contributed by atoms with van der Waals surface area (Å²) >= 11 is 0. The Kier molecular flexibility index (Phi) is 5.87. The smallest absolute Gasteiger partial charge is 0.326 e. The van der Waals surface area contributed by atoms with Crippen molar-refractivity contribution in [1.29, 1.82) is 0 Å². The lowest BCUT2D eigenvalue weighted by Gasteiger charge is -2.21. The molecule has 0 aliphatic carbocycles. The molecule has 30 heavy (non-hydrogen) atoms. The second-order valence-corrected chi connectivity index (χ2v) is 6.11. The van der Waals surface area contributed by atoms with Crippen LogP contribution in [0.5, 0.6) is 0 Å². The van der Waals surface area contributed by atoms with Gasteiger partial charge in [-0.3, -0.25) is 9.48 Å². The van der Waals surface area contributed by atoms with Crippen molar-refractivity contribution in [2.45, 2.75) is 24.8 Å². The molecule has 1 amide bonds. The van der Waals surface area contributed by atoms with Crippen molar-refractivity contribution >= 4 is 11.6 Å². The Morgan fingerprint density at radius 1 is 1.13 bits per heavy atom. The number of anilines is 1. The normalized spacial score (nSPS) is 12.9. The third-order valence-electron chi connectivity index (χ3n) is 4.13. The second-order valence-electron chi connectivity index (χ2n) is 6.11.